The summed E-state index contributed by atoms with van der Waals surface area (Å²) in [6.45, 7) is 14.3. The van der Waals surface area contributed by atoms with Gasteiger partial charge in [-0.1, -0.05) is 192 Å². The number of rotatable bonds is 9. The molecule has 0 bridgehead atoms. The molecule has 0 N–H and O–H groups in total. The highest BCUT2D eigenvalue weighted by molar-refractivity contribution is 8.00. The van der Waals surface area contributed by atoms with E-state index in [1.54, 1.807) is 0 Å². The van der Waals surface area contributed by atoms with Crippen LogP contribution in [0.5, 0.6) is 0 Å². The summed E-state index contributed by atoms with van der Waals surface area (Å²) in [5.74, 6) is 1.12. The molecule has 0 amide bonds. The summed E-state index contributed by atoms with van der Waals surface area (Å²) < 4.78 is 0. The lowest BCUT2D eigenvalue weighted by Gasteiger charge is -2.43. The van der Waals surface area contributed by atoms with Gasteiger partial charge in [0, 0.05) is 61.0 Å². The van der Waals surface area contributed by atoms with Crippen LogP contribution in [0.4, 0.5) is 51.2 Å². The molecule has 69 heavy (non-hydrogen) atoms. The zero-order valence-electron chi connectivity index (χ0n) is 40.3. The minimum atomic E-state index is 0.00381. The monoisotopic (exact) mass is 907 g/mol. The maximum atomic E-state index is 2.65. The van der Waals surface area contributed by atoms with Crippen LogP contribution in [0.15, 0.2) is 216 Å². The maximum Gasteiger partial charge on any atom is 0.249 e. The number of para-hydroxylation sites is 6. The Hall–Kier alpha value is -7.14. The highest BCUT2D eigenvalue weighted by Gasteiger charge is 2.45. The molecule has 12 rings (SSSR count). The van der Waals surface area contributed by atoms with E-state index in [0.29, 0.717) is 17.8 Å². The molecule has 0 unspecified atom stereocenters. The highest BCUT2D eigenvalue weighted by Crippen LogP contribution is 2.47. The summed E-state index contributed by atoms with van der Waals surface area (Å²) in [6, 6.07) is 77.3. The fourth-order valence-corrected chi connectivity index (χ4v) is 12.7. The molecule has 0 spiro atoms. The molecule has 0 fully saturated rings. The van der Waals surface area contributed by atoms with Crippen LogP contribution in [0.25, 0.3) is 0 Å². The summed E-state index contributed by atoms with van der Waals surface area (Å²) in [6.07, 6.45) is 0. The van der Waals surface area contributed by atoms with Crippen molar-refractivity contribution in [1.82, 2.24) is 0 Å². The van der Waals surface area contributed by atoms with Gasteiger partial charge >= 0.3 is 0 Å². The molecule has 3 aliphatic heterocycles. The van der Waals surface area contributed by atoms with Crippen molar-refractivity contribution in [2.45, 2.75) is 69.1 Å². The standard InChI is InChI=1S/C63H55B2N3S/c1-41(2)44-35-50(42(3)4)62(51(36-44)43(5)6)64-52-31-19-21-33-56(52)67(47-27-15-9-16-28-47)58-40-60-55(39-54(58)64)65-53-32-20-22-34-57(53)68(48-29-17-10-18-30-48)59-37-49(38-61(69-60)63(59)65)66(45-23-11-7-12-24-45)46-25-13-8-14-26-46/h7-43H,1-6H3. The van der Waals surface area contributed by atoms with Crippen LogP contribution >= 0.6 is 11.8 Å². The predicted octanol–water partition coefficient (Wildman–Crippen LogP) is 13.6. The molecular formula is C63H55B2N3S. The van der Waals surface area contributed by atoms with Gasteiger partial charge in [0.25, 0.3) is 0 Å². The van der Waals surface area contributed by atoms with E-state index in [-0.39, 0.29) is 13.4 Å². The first-order valence-electron chi connectivity index (χ1n) is 24.7. The molecular weight excluding hydrogens is 852 g/mol. The molecule has 334 valence electrons. The van der Waals surface area contributed by atoms with Crippen LogP contribution in [0.3, 0.4) is 0 Å². The Morgan fingerprint density at radius 1 is 0.362 bits per heavy atom. The fourth-order valence-electron chi connectivity index (χ4n) is 11.5. The highest BCUT2D eigenvalue weighted by atomic mass is 32.2. The normalized spacial score (nSPS) is 13.3. The van der Waals surface area contributed by atoms with E-state index < -0.39 is 0 Å². The molecule has 3 nitrogen and oxygen atoms in total. The Morgan fingerprint density at radius 2 is 0.826 bits per heavy atom. The van der Waals surface area contributed by atoms with Crippen LogP contribution in [-0.2, 0) is 0 Å². The van der Waals surface area contributed by atoms with Crippen LogP contribution in [0.1, 0.15) is 76.0 Å². The van der Waals surface area contributed by atoms with Crippen molar-refractivity contribution in [2.75, 3.05) is 14.7 Å². The number of fused-ring (bicyclic) bond motifs is 6. The van der Waals surface area contributed by atoms with Crippen LogP contribution in [-0.4, -0.2) is 13.4 Å². The molecule has 3 heterocycles. The first-order chi connectivity index (χ1) is 33.7. The lowest BCUT2D eigenvalue weighted by Crippen LogP contribution is -2.63. The van der Waals surface area contributed by atoms with Gasteiger partial charge in [0.15, 0.2) is 0 Å². The third-order valence-electron chi connectivity index (χ3n) is 14.6. The summed E-state index contributed by atoms with van der Waals surface area (Å²) in [4.78, 5) is 10.1. The van der Waals surface area contributed by atoms with Gasteiger partial charge in [0.05, 0.1) is 0 Å². The zero-order valence-corrected chi connectivity index (χ0v) is 41.1. The minimum Gasteiger partial charge on any atom is -0.311 e. The molecule has 0 aliphatic carbocycles. The minimum absolute atomic E-state index is 0.00381. The SMILES string of the molecule is CC(C)c1cc(C(C)C)c(B2c3ccccc3N(c3ccccc3)c3cc4c(cc32)B2c3ccccc3N(c3ccccc3)c3cc(N(c5ccccc5)c5ccccc5)cc(c32)S4)c(C(C)C)c1. The van der Waals surface area contributed by atoms with E-state index in [2.05, 4.69) is 262 Å². The molecule has 0 saturated carbocycles. The van der Waals surface area contributed by atoms with E-state index in [1.807, 2.05) is 11.8 Å². The van der Waals surface area contributed by atoms with Crippen molar-refractivity contribution in [3.8, 4) is 0 Å². The number of anilines is 9. The quantitative estimate of drug-likeness (QED) is 0.133. The second-order valence-corrected chi connectivity index (χ2v) is 20.9. The first-order valence-corrected chi connectivity index (χ1v) is 25.6. The number of hydrogen-bond acceptors (Lipinski definition) is 4. The smallest absolute Gasteiger partial charge is 0.249 e. The van der Waals surface area contributed by atoms with Crippen LogP contribution in [0, 0.1) is 0 Å². The Balaban J connectivity index is 1.16. The van der Waals surface area contributed by atoms with Crippen molar-refractivity contribution in [2.24, 2.45) is 0 Å². The summed E-state index contributed by atoms with van der Waals surface area (Å²) in [5.41, 5.74) is 23.2. The van der Waals surface area contributed by atoms with Crippen LogP contribution in [0.2, 0.25) is 0 Å². The van der Waals surface area contributed by atoms with E-state index in [1.165, 1.54) is 87.7 Å². The van der Waals surface area contributed by atoms with E-state index in [9.17, 15) is 0 Å². The molecule has 6 heteroatoms. The number of hydrogen-bond donors (Lipinski definition) is 0. The molecule has 3 aliphatic rings. The molecule has 9 aromatic carbocycles. The topological polar surface area (TPSA) is 9.72 Å². The largest absolute Gasteiger partial charge is 0.311 e. The van der Waals surface area contributed by atoms with Gasteiger partial charge in [0.1, 0.15) is 0 Å². The lowest BCUT2D eigenvalue weighted by molar-refractivity contribution is 0.812. The number of nitrogens with zero attached hydrogens (tertiary/aromatic N) is 3. The van der Waals surface area contributed by atoms with Gasteiger partial charge in [0.2, 0.25) is 13.4 Å². The molecule has 0 atom stereocenters. The fraction of sp³-hybridized carbons (Fsp3) is 0.143. The second kappa shape index (κ2) is 17.4. The molecule has 0 radical (unpaired) electrons. The van der Waals surface area contributed by atoms with Gasteiger partial charge in [-0.25, -0.2) is 0 Å². The van der Waals surface area contributed by atoms with Gasteiger partial charge in [-0.05, 0) is 135 Å². The van der Waals surface area contributed by atoms with Gasteiger partial charge < -0.3 is 14.7 Å². The Kier molecular flexibility index (Phi) is 10.9. The molecule has 9 aromatic rings. The Labute approximate surface area is 413 Å². The zero-order chi connectivity index (χ0) is 46.9. The summed E-state index contributed by atoms with van der Waals surface area (Å²) in [7, 11) is 0. The second-order valence-electron chi connectivity index (χ2n) is 19.8. The third-order valence-corrected chi connectivity index (χ3v) is 15.8. The van der Waals surface area contributed by atoms with E-state index in [0.717, 1.165) is 22.7 Å². The van der Waals surface area contributed by atoms with Gasteiger partial charge in [-0.2, -0.15) is 0 Å². The number of benzene rings is 9. The summed E-state index contributed by atoms with van der Waals surface area (Å²) >= 11 is 1.93. The van der Waals surface area contributed by atoms with Crippen molar-refractivity contribution < 1.29 is 0 Å². The van der Waals surface area contributed by atoms with Gasteiger partial charge in [-0.15, -0.1) is 0 Å². The maximum absolute atomic E-state index is 2.65. The Bertz CT molecular complexity index is 3310. The first kappa shape index (κ1) is 43.2. The average Bonchev–Trinajstić information content (AvgIpc) is 3.38. The summed E-state index contributed by atoms with van der Waals surface area (Å²) in [5, 5.41) is 0. The van der Waals surface area contributed by atoms with E-state index >= 15 is 0 Å². The average molecular weight is 908 g/mol. The van der Waals surface area contributed by atoms with Crippen molar-refractivity contribution >= 4 is 109 Å². The van der Waals surface area contributed by atoms with Gasteiger partial charge in [-0.3, -0.25) is 0 Å². The van der Waals surface area contributed by atoms with Crippen molar-refractivity contribution in [1.29, 1.82) is 0 Å². The molecule has 0 aromatic heterocycles. The Morgan fingerprint density at radius 3 is 1.33 bits per heavy atom. The van der Waals surface area contributed by atoms with Crippen LogP contribution < -0.4 is 47.5 Å². The lowest BCUT2D eigenvalue weighted by atomic mass is 9.31. The predicted molar refractivity (Wildman–Crippen MR) is 299 cm³/mol. The molecule has 0 saturated heterocycles. The van der Waals surface area contributed by atoms with E-state index in [4.69, 9.17) is 0 Å². The van der Waals surface area contributed by atoms with Crippen molar-refractivity contribution in [3.05, 3.63) is 223 Å². The van der Waals surface area contributed by atoms with Crippen molar-refractivity contribution in [3.63, 3.8) is 0 Å². The third kappa shape index (κ3) is 7.22.